The highest BCUT2D eigenvalue weighted by molar-refractivity contribution is 7.98. The summed E-state index contributed by atoms with van der Waals surface area (Å²) < 4.78 is 11.4. The van der Waals surface area contributed by atoms with Crippen molar-refractivity contribution in [1.82, 2.24) is 4.98 Å². The third kappa shape index (κ3) is 3.04. The third-order valence-corrected chi connectivity index (χ3v) is 2.89. The van der Waals surface area contributed by atoms with Gasteiger partial charge in [0, 0.05) is 17.2 Å². The molecule has 0 aromatic carbocycles. The number of rotatable bonds is 5. The molecular weight excluding hydrogens is 222 g/mol. The lowest BCUT2D eigenvalue weighted by Gasteiger charge is -2.14. The zero-order valence-corrected chi connectivity index (χ0v) is 10.7. The van der Waals surface area contributed by atoms with Gasteiger partial charge in [0.05, 0.1) is 12.2 Å². The molecule has 0 aliphatic heterocycles. The first kappa shape index (κ1) is 11.6. The van der Waals surface area contributed by atoms with Crippen molar-refractivity contribution < 1.29 is 9.47 Å². The standard InChI is InChI=1S/C12H17NO2S/c1-8(2)14-12-11(15-9-4-5-9)6-10(16-3)7-13-12/h6-9H,4-5H2,1-3H3. The summed E-state index contributed by atoms with van der Waals surface area (Å²) in [4.78, 5) is 5.41. The van der Waals surface area contributed by atoms with Crippen LogP contribution in [0.5, 0.6) is 11.6 Å². The summed E-state index contributed by atoms with van der Waals surface area (Å²) in [6.07, 6.45) is 6.63. The van der Waals surface area contributed by atoms with Gasteiger partial charge in [0.15, 0.2) is 5.75 Å². The molecule has 16 heavy (non-hydrogen) atoms. The molecule has 0 atom stereocenters. The Morgan fingerprint density at radius 2 is 2.19 bits per heavy atom. The van der Waals surface area contributed by atoms with Crippen LogP contribution in [-0.4, -0.2) is 23.4 Å². The van der Waals surface area contributed by atoms with E-state index < -0.39 is 0 Å². The summed E-state index contributed by atoms with van der Waals surface area (Å²) >= 11 is 1.66. The van der Waals surface area contributed by atoms with Crippen molar-refractivity contribution in [3.63, 3.8) is 0 Å². The molecule has 0 unspecified atom stereocenters. The van der Waals surface area contributed by atoms with Crippen molar-refractivity contribution in [2.45, 2.75) is 43.8 Å². The summed E-state index contributed by atoms with van der Waals surface area (Å²) in [6, 6.07) is 2.01. The average Bonchev–Trinajstić information content (AvgIpc) is 3.04. The Kier molecular flexibility index (Phi) is 3.59. The smallest absolute Gasteiger partial charge is 0.257 e. The van der Waals surface area contributed by atoms with Crippen molar-refractivity contribution >= 4 is 11.8 Å². The van der Waals surface area contributed by atoms with Crippen molar-refractivity contribution in [3.8, 4) is 11.6 Å². The van der Waals surface area contributed by atoms with Crippen LogP contribution >= 0.6 is 11.8 Å². The molecule has 0 N–H and O–H groups in total. The maximum absolute atomic E-state index is 5.80. The molecule has 1 fully saturated rings. The maximum Gasteiger partial charge on any atom is 0.257 e. The molecule has 4 heteroatoms. The highest BCUT2D eigenvalue weighted by Gasteiger charge is 2.25. The van der Waals surface area contributed by atoms with Crippen LogP contribution in [0.15, 0.2) is 17.2 Å². The van der Waals surface area contributed by atoms with Crippen LogP contribution in [0.3, 0.4) is 0 Å². The summed E-state index contributed by atoms with van der Waals surface area (Å²) in [5.41, 5.74) is 0. The van der Waals surface area contributed by atoms with Crippen molar-refractivity contribution in [3.05, 3.63) is 12.3 Å². The largest absolute Gasteiger partial charge is 0.485 e. The minimum atomic E-state index is 0.120. The Bertz CT molecular complexity index is 364. The van der Waals surface area contributed by atoms with Gasteiger partial charge >= 0.3 is 0 Å². The Balaban J connectivity index is 2.19. The lowest BCUT2D eigenvalue weighted by Crippen LogP contribution is -2.09. The molecule has 0 radical (unpaired) electrons. The van der Waals surface area contributed by atoms with E-state index in [0.29, 0.717) is 12.0 Å². The first-order chi connectivity index (χ1) is 7.69. The Morgan fingerprint density at radius 1 is 1.44 bits per heavy atom. The van der Waals surface area contributed by atoms with Crippen LogP contribution < -0.4 is 9.47 Å². The fourth-order valence-corrected chi connectivity index (χ4v) is 1.67. The number of aromatic nitrogens is 1. The fourth-order valence-electron chi connectivity index (χ4n) is 1.29. The molecule has 1 heterocycles. The second-order valence-electron chi connectivity index (χ2n) is 4.16. The van der Waals surface area contributed by atoms with E-state index in [1.807, 2.05) is 32.4 Å². The second-order valence-corrected chi connectivity index (χ2v) is 5.04. The van der Waals surface area contributed by atoms with Crippen LogP contribution in [0.4, 0.5) is 0 Å². The molecule has 1 saturated carbocycles. The number of hydrogen-bond acceptors (Lipinski definition) is 4. The van der Waals surface area contributed by atoms with E-state index in [9.17, 15) is 0 Å². The van der Waals surface area contributed by atoms with E-state index in [1.165, 1.54) is 0 Å². The summed E-state index contributed by atoms with van der Waals surface area (Å²) in [5, 5.41) is 0. The predicted octanol–water partition coefficient (Wildman–Crippen LogP) is 3.13. The molecule has 2 rings (SSSR count). The molecule has 0 bridgehead atoms. The SMILES string of the molecule is CSc1cnc(OC(C)C)c(OC2CC2)c1. The molecule has 1 aliphatic rings. The number of ether oxygens (including phenoxy) is 2. The van der Waals surface area contributed by atoms with Gasteiger partial charge in [-0.1, -0.05) is 0 Å². The van der Waals surface area contributed by atoms with E-state index in [2.05, 4.69) is 4.98 Å². The first-order valence-corrected chi connectivity index (χ1v) is 6.79. The summed E-state index contributed by atoms with van der Waals surface area (Å²) in [7, 11) is 0. The number of thioether (sulfide) groups is 1. The lowest BCUT2D eigenvalue weighted by atomic mass is 10.4. The molecule has 1 aromatic heterocycles. The first-order valence-electron chi connectivity index (χ1n) is 5.56. The van der Waals surface area contributed by atoms with Gasteiger partial charge in [0.2, 0.25) is 0 Å². The Labute approximate surface area is 101 Å². The van der Waals surface area contributed by atoms with Gasteiger partial charge in [-0.2, -0.15) is 0 Å². The van der Waals surface area contributed by atoms with E-state index in [1.54, 1.807) is 11.8 Å². The zero-order chi connectivity index (χ0) is 11.5. The molecule has 0 amide bonds. The number of nitrogens with zero attached hydrogens (tertiary/aromatic N) is 1. The summed E-state index contributed by atoms with van der Waals surface area (Å²) in [5.74, 6) is 1.39. The van der Waals surface area contributed by atoms with Gasteiger partial charge in [0.1, 0.15) is 0 Å². The Morgan fingerprint density at radius 3 is 2.75 bits per heavy atom. The predicted molar refractivity (Wildman–Crippen MR) is 65.4 cm³/mol. The Hall–Kier alpha value is -0.900. The highest BCUT2D eigenvalue weighted by atomic mass is 32.2. The van der Waals surface area contributed by atoms with Crippen LogP contribution in [0.1, 0.15) is 26.7 Å². The zero-order valence-electron chi connectivity index (χ0n) is 9.90. The van der Waals surface area contributed by atoms with Crippen molar-refractivity contribution in [2.75, 3.05) is 6.26 Å². The van der Waals surface area contributed by atoms with Gasteiger partial charge in [-0.15, -0.1) is 11.8 Å². The monoisotopic (exact) mass is 239 g/mol. The van der Waals surface area contributed by atoms with Crippen LogP contribution in [0.25, 0.3) is 0 Å². The summed E-state index contributed by atoms with van der Waals surface area (Å²) in [6.45, 7) is 3.98. The van der Waals surface area contributed by atoms with Crippen LogP contribution in [0, 0.1) is 0 Å². The second kappa shape index (κ2) is 4.95. The van der Waals surface area contributed by atoms with Crippen molar-refractivity contribution in [2.24, 2.45) is 0 Å². The van der Waals surface area contributed by atoms with Crippen LogP contribution in [0.2, 0.25) is 0 Å². The van der Waals surface area contributed by atoms with E-state index >= 15 is 0 Å². The van der Waals surface area contributed by atoms with Crippen molar-refractivity contribution in [1.29, 1.82) is 0 Å². The molecule has 0 saturated heterocycles. The van der Waals surface area contributed by atoms with Gasteiger partial charge in [-0.3, -0.25) is 0 Å². The number of hydrogen-bond donors (Lipinski definition) is 0. The third-order valence-electron chi connectivity index (χ3n) is 2.19. The van der Waals surface area contributed by atoms with Gasteiger partial charge in [0.25, 0.3) is 5.88 Å². The molecular formula is C12H17NO2S. The van der Waals surface area contributed by atoms with Gasteiger partial charge < -0.3 is 9.47 Å². The van der Waals surface area contributed by atoms with E-state index in [-0.39, 0.29) is 6.10 Å². The quantitative estimate of drug-likeness (QED) is 0.739. The molecule has 0 spiro atoms. The van der Waals surface area contributed by atoms with E-state index in [4.69, 9.17) is 9.47 Å². The maximum atomic E-state index is 5.80. The van der Waals surface area contributed by atoms with Crippen LogP contribution in [-0.2, 0) is 0 Å². The molecule has 3 nitrogen and oxygen atoms in total. The van der Waals surface area contributed by atoms with Gasteiger partial charge in [-0.05, 0) is 32.9 Å². The highest BCUT2D eigenvalue weighted by Crippen LogP contribution is 2.34. The normalized spacial score (nSPS) is 15.2. The molecule has 1 aromatic rings. The minimum Gasteiger partial charge on any atom is -0.485 e. The lowest BCUT2D eigenvalue weighted by molar-refractivity contribution is 0.208. The number of pyridine rings is 1. The average molecular weight is 239 g/mol. The van der Waals surface area contributed by atoms with E-state index in [0.717, 1.165) is 23.5 Å². The molecule has 1 aliphatic carbocycles. The topological polar surface area (TPSA) is 31.4 Å². The van der Waals surface area contributed by atoms with Gasteiger partial charge in [-0.25, -0.2) is 4.98 Å². The minimum absolute atomic E-state index is 0.120. The fraction of sp³-hybridized carbons (Fsp3) is 0.583. The molecule has 88 valence electrons.